The molecule has 0 radical (unpaired) electrons. The summed E-state index contributed by atoms with van der Waals surface area (Å²) in [5.74, 6) is 3.25. The molecule has 4 heteroatoms. The Morgan fingerprint density at radius 1 is 1.21 bits per heavy atom. The van der Waals surface area contributed by atoms with Crippen LogP contribution in [0.1, 0.15) is 57.3 Å². The molecule has 1 aromatic rings. The first-order valence-electron chi connectivity index (χ1n) is 7.28. The second kappa shape index (κ2) is 7.31. The van der Waals surface area contributed by atoms with Crippen molar-refractivity contribution in [3.63, 3.8) is 0 Å². The lowest BCUT2D eigenvalue weighted by Crippen LogP contribution is -2.22. The molecular formula is C15H28N4. The van der Waals surface area contributed by atoms with Crippen LogP contribution in [0, 0.1) is 6.92 Å². The minimum Gasteiger partial charge on any atom is -0.373 e. The van der Waals surface area contributed by atoms with Crippen LogP contribution in [-0.4, -0.2) is 30.6 Å². The molecule has 0 aromatic carbocycles. The SMILES string of the molecule is CCCCCN(C)c1nc(C(C)C)nc(NC)c1C. The molecule has 0 unspecified atom stereocenters. The maximum absolute atomic E-state index is 4.73. The second-order valence-electron chi connectivity index (χ2n) is 5.41. The average molecular weight is 264 g/mol. The first-order chi connectivity index (χ1) is 9.01. The first kappa shape index (κ1) is 15.7. The van der Waals surface area contributed by atoms with Crippen molar-refractivity contribution in [1.82, 2.24) is 9.97 Å². The molecule has 0 atom stereocenters. The van der Waals surface area contributed by atoms with Crippen LogP contribution >= 0.6 is 0 Å². The number of hydrogen-bond acceptors (Lipinski definition) is 4. The van der Waals surface area contributed by atoms with Crippen LogP contribution in [0.15, 0.2) is 0 Å². The molecule has 0 spiro atoms. The molecule has 1 aromatic heterocycles. The van der Waals surface area contributed by atoms with Crippen LogP contribution in [0.5, 0.6) is 0 Å². The average Bonchev–Trinajstić information content (AvgIpc) is 2.38. The Morgan fingerprint density at radius 2 is 1.89 bits per heavy atom. The third kappa shape index (κ3) is 4.08. The molecule has 1 heterocycles. The summed E-state index contributed by atoms with van der Waals surface area (Å²) in [5.41, 5.74) is 1.13. The van der Waals surface area contributed by atoms with Crippen molar-refractivity contribution in [1.29, 1.82) is 0 Å². The summed E-state index contributed by atoms with van der Waals surface area (Å²) < 4.78 is 0. The number of unbranched alkanes of at least 4 members (excludes halogenated alkanes) is 2. The third-order valence-electron chi connectivity index (χ3n) is 3.35. The summed E-state index contributed by atoms with van der Waals surface area (Å²) in [6.07, 6.45) is 3.72. The fourth-order valence-electron chi connectivity index (χ4n) is 2.10. The quantitative estimate of drug-likeness (QED) is 0.764. The number of aromatic nitrogens is 2. The van der Waals surface area contributed by atoms with E-state index >= 15 is 0 Å². The van der Waals surface area contributed by atoms with Gasteiger partial charge in [-0.1, -0.05) is 33.6 Å². The number of nitrogens with zero attached hydrogens (tertiary/aromatic N) is 3. The maximum Gasteiger partial charge on any atom is 0.137 e. The van der Waals surface area contributed by atoms with E-state index in [4.69, 9.17) is 4.98 Å². The van der Waals surface area contributed by atoms with Crippen LogP contribution in [-0.2, 0) is 0 Å². The van der Waals surface area contributed by atoms with E-state index < -0.39 is 0 Å². The van der Waals surface area contributed by atoms with Crippen molar-refractivity contribution in [2.75, 3.05) is 30.9 Å². The molecule has 0 saturated heterocycles. The fourth-order valence-corrected chi connectivity index (χ4v) is 2.10. The lowest BCUT2D eigenvalue weighted by Gasteiger charge is -2.22. The summed E-state index contributed by atoms with van der Waals surface area (Å²) in [7, 11) is 4.04. The topological polar surface area (TPSA) is 41.1 Å². The van der Waals surface area contributed by atoms with Crippen LogP contribution in [0.3, 0.4) is 0 Å². The van der Waals surface area contributed by atoms with Gasteiger partial charge in [-0.2, -0.15) is 0 Å². The normalized spacial score (nSPS) is 10.9. The summed E-state index contributed by atoms with van der Waals surface area (Å²) in [6.45, 7) is 9.62. The molecule has 0 fully saturated rings. The molecule has 0 amide bonds. The van der Waals surface area contributed by atoms with Gasteiger partial charge in [-0.25, -0.2) is 9.97 Å². The maximum atomic E-state index is 4.73. The molecule has 4 nitrogen and oxygen atoms in total. The van der Waals surface area contributed by atoms with E-state index in [1.165, 1.54) is 19.3 Å². The molecule has 0 aliphatic carbocycles. The smallest absolute Gasteiger partial charge is 0.137 e. The van der Waals surface area contributed by atoms with Gasteiger partial charge in [-0.15, -0.1) is 0 Å². The highest BCUT2D eigenvalue weighted by Gasteiger charge is 2.15. The predicted octanol–water partition coefficient (Wildman–Crippen LogP) is 3.58. The van der Waals surface area contributed by atoms with E-state index in [-0.39, 0.29) is 0 Å². The first-order valence-corrected chi connectivity index (χ1v) is 7.28. The van der Waals surface area contributed by atoms with Gasteiger partial charge in [0.2, 0.25) is 0 Å². The molecule has 1 N–H and O–H groups in total. The van der Waals surface area contributed by atoms with Gasteiger partial charge in [0, 0.05) is 32.1 Å². The predicted molar refractivity (Wildman–Crippen MR) is 83.2 cm³/mol. The molecule has 0 bridgehead atoms. The van der Waals surface area contributed by atoms with Gasteiger partial charge >= 0.3 is 0 Å². The van der Waals surface area contributed by atoms with E-state index in [2.05, 4.69) is 49.9 Å². The second-order valence-corrected chi connectivity index (χ2v) is 5.41. The Hall–Kier alpha value is -1.32. The molecular weight excluding hydrogens is 236 g/mol. The Bertz CT molecular complexity index is 401. The zero-order valence-electron chi connectivity index (χ0n) is 13.2. The third-order valence-corrected chi connectivity index (χ3v) is 3.35. The van der Waals surface area contributed by atoms with Crippen molar-refractivity contribution in [2.45, 2.75) is 52.9 Å². The van der Waals surface area contributed by atoms with Crippen molar-refractivity contribution >= 4 is 11.6 Å². The van der Waals surface area contributed by atoms with Crippen LogP contribution in [0.2, 0.25) is 0 Å². The summed E-state index contributed by atoms with van der Waals surface area (Å²) in [6, 6.07) is 0. The summed E-state index contributed by atoms with van der Waals surface area (Å²) in [5, 5.41) is 3.18. The summed E-state index contributed by atoms with van der Waals surface area (Å²) in [4.78, 5) is 11.6. The van der Waals surface area contributed by atoms with Crippen LogP contribution in [0.4, 0.5) is 11.6 Å². The minimum absolute atomic E-state index is 0.343. The highest BCUT2D eigenvalue weighted by molar-refractivity contribution is 5.58. The monoisotopic (exact) mass is 264 g/mol. The van der Waals surface area contributed by atoms with Gasteiger partial charge in [0.25, 0.3) is 0 Å². The van der Waals surface area contributed by atoms with E-state index in [9.17, 15) is 0 Å². The van der Waals surface area contributed by atoms with E-state index in [1.807, 2.05) is 7.05 Å². The Labute approximate surface area is 117 Å². The molecule has 1 rings (SSSR count). The largest absolute Gasteiger partial charge is 0.373 e. The Balaban J connectivity index is 3.00. The van der Waals surface area contributed by atoms with Crippen molar-refractivity contribution in [3.8, 4) is 0 Å². The van der Waals surface area contributed by atoms with Gasteiger partial charge in [-0.05, 0) is 13.3 Å². The van der Waals surface area contributed by atoms with Crippen molar-refractivity contribution in [2.24, 2.45) is 0 Å². The van der Waals surface area contributed by atoms with Gasteiger partial charge in [0.05, 0.1) is 0 Å². The highest BCUT2D eigenvalue weighted by atomic mass is 15.2. The Kier molecular flexibility index (Phi) is 6.06. The van der Waals surface area contributed by atoms with Gasteiger partial charge < -0.3 is 10.2 Å². The zero-order valence-corrected chi connectivity index (χ0v) is 13.2. The lowest BCUT2D eigenvalue weighted by atomic mass is 10.2. The molecule has 19 heavy (non-hydrogen) atoms. The fraction of sp³-hybridized carbons (Fsp3) is 0.733. The number of nitrogens with one attached hydrogen (secondary N) is 1. The Morgan fingerprint density at radius 3 is 2.42 bits per heavy atom. The van der Waals surface area contributed by atoms with Crippen LogP contribution in [0.25, 0.3) is 0 Å². The van der Waals surface area contributed by atoms with Crippen molar-refractivity contribution < 1.29 is 0 Å². The standard InChI is InChI=1S/C15H28N4/c1-7-8-9-10-19(6)15-12(4)14(16-5)17-13(18-15)11(2)3/h11H,7-10H2,1-6H3,(H,16,17,18). The van der Waals surface area contributed by atoms with Crippen LogP contribution < -0.4 is 10.2 Å². The van der Waals surface area contributed by atoms with Gasteiger partial charge in [0.15, 0.2) is 0 Å². The van der Waals surface area contributed by atoms with E-state index in [0.29, 0.717) is 5.92 Å². The van der Waals surface area contributed by atoms with Crippen molar-refractivity contribution in [3.05, 3.63) is 11.4 Å². The van der Waals surface area contributed by atoms with Gasteiger partial charge in [0.1, 0.15) is 17.5 Å². The van der Waals surface area contributed by atoms with E-state index in [0.717, 1.165) is 29.6 Å². The van der Waals surface area contributed by atoms with E-state index in [1.54, 1.807) is 0 Å². The number of hydrogen-bond donors (Lipinski definition) is 1. The van der Waals surface area contributed by atoms with Gasteiger partial charge in [-0.3, -0.25) is 0 Å². The lowest BCUT2D eigenvalue weighted by molar-refractivity contribution is 0.693. The minimum atomic E-state index is 0.343. The number of rotatable bonds is 7. The molecule has 0 saturated carbocycles. The molecule has 0 aliphatic heterocycles. The molecule has 108 valence electrons. The number of anilines is 2. The molecule has 0 aliphatic rings. The summed E-state index contributed by atoms with van der Waals surface area (Å²) >= 11 is 0. The zero-order chi connectivity index (χ0) is 14.4. The highest BCUT2D eigenvalue weighted by Crippen LogP contribution is 2.25.